The SMILES string of the molecule is CCO/N=C(\CCCCC(=O)N[C@H](C(=O)N1C[C@H](O)CC1C(=O)N[C@@H](C)c1ccc(-c2scnc2C)cc1)C(C)(C)C)CCCc1ccc(C(=O)N[C@H]2C(C)(C)[C@H](Oc3ccc(C#N)c(Cl)c3)C2(C)C)nc1. The molecule has 15 nitrogen and oxygen atoms in total. The number of benzene rings is 2. The Hall–Kier alpha value is -5.89. The molecule has 3 heterocycles. The van der Waals surface area contributed by atoms with Crippen molar-refractivity contribution in [3.05, 3.63) is 99.4 Å². The summed E-state index contributed by atoms with van der Waals surface area (Å²) in [5.41, 5.74) is 5.80. The van der Waals surface area contributed by atoms with E-state index in [2.05, 4.69) is 64.8 Å². The number of ether oxygens (including phenoxy) is 1. The fourth-order valence-electron chi connectivity index (χ4n) is 10.2. The maximum atomic E-state index is 14.2. The van der Waals surface area contributed by atoms with Gasteiger partial charge in [-0.2, -0.15) is 5.26 Å². The number of aliphatic hydroxyl groups is 1. The van der Waals surface area contributed by atoms with Crippen LogP contribution in [0, 0.1) is 34.5 Å². The van der Waals surface area contributed by atoms with Gasteiger partial charge in [-0.1, -0.05) is 95.6 Å². The summed E-state index contributed by atoms with van der Waals surface area (Å²) in [5, 5.41) is 33.9. The largest absolute Gasteiger partial charge is 0.489 e. The Kier molecular flexibility index (Phi) is 18.3. The third kappa shape index (κ3) is 13.4. The van der Waals surface area contributed by atoms with E-state index in [-0.39, 0.29) is 55.3 Å². The van der Waals surface area contributed by atoms with Crippen molar-refractivity contribution in [2.75, 3.05) is 13.2 Å². The van der Waals surface area contributed by atoms with Crippen LogP contribution in [-0.2, 0) is 25.6 Å². The quantitative estimate of drug-likeness (QED) is 0.0353. The van der Waals surface area contributed by atoms with Gasteiger partial charge in [-0.05, 0) is 99.6 Å². The number of hydrogen-bond donors (Lipinski definition) is 4. The molecule has 386 valence electrons. The van der Waals surface area contributed by atoms with Gasteiger partial charge in [-0.25, -0.2) is 4.98 Å². The highest BCUT2D eigenvalue weighted by molar-refractivity contribution is 7.13. The Morgan fingerprint density at radius 1 is 0.986 bits per heavy atom. The number of halogens is 1. The normalized spacial score (nSPS) is 20.1. The minimum Gasteiger partial charge on any atom is -0.489 e. The first kappa shape index (κ1) is 55.4. The monoisotopic (exact) mass is 1020 g/mol. The number of carbonyl (C=O) groups is 4. The van der Waals surface area contributed by atoms with Crippen LogP contribution < -0.4 is 20.7 Å². The average molecular weight is 1020 g/mol. The van der Waals surface area contributed by atoms with Gasteiger partial charge in [0.25, 0.3) is 5.91 Å². The summed E-state index contributed by atoms with van der Waals surface area (Å²) in [6.45, 7) is 20.0. The van der Waals surface area contributed by atoms with Crippen LogP contribution in [0.5, 0.6) is 5.75 Å². The number of aromatic nitrogens is 2. The zero-order valence-electron chi connectivity index (χ0n) is 43.3. The summed E-state index contributed by atoms with van der Waals surface area (Å²) in [5.74, 6) is -0.733. The molecule has 1 unspecified atom stereocenters. The molecular formula is C55H71ClN8O7S. The van der Waals surface area contributed by atoms with E-state index in [1.165, 1.54) is 4.90 Å². The highest BCUT2D eigenvalue weighted by atomic mass is 35.5. The number of nitriles is 1. The predicted molar refractivity (Wildman–Crippen MR) is 280 cm³/mol. The van der Waals surface area contributed by atoms with Gasteiger partial charge >= 0.3 is 0 Å². The summed E-state index contributed by atoms with van der Waals surface area (Å²) in [4.78, 5) is 71.6. The minimum absolute atomic E-state index is 0.00644. The molecule has 0 bridgehead atoms. The van der Waals surface area contributed by atoms with Crippen molar-refractivity contribution in [3.63, 3.8) is 0 Å². The molecule has 1 aliphatic heterocycles. The first-order chi connectivity index (χ1) is 34.0. The number of nitrogens with one attached hydrogen (secondary N) is 3. The second-order valence-electron chi connectivity index (χ2n) is 21.4. The van der Waals surface area contributed by atoms with E-state index in [0.29, 0.717) is 60.7 Å². The Balaban J connectivity index is 0.945. The van der Waals surface area contributed by atoms with E-state index in [1.54, 1.807) is 41.8 Å². The van der Waals surface area contributed by atoms with Gasteiger partial charge in [-0.3, -0.25) is 24.2 Å². The molecule has 0 spiro atoms. The molecule has 2 aromatic heterocycles. The van der Waals surface area contributed by atoms with Crippen molar-refractivity contribution in [2.45, 2.75) is 157 Å². The molecule has 72 heavy (non-hydrogen) atoms. The third-order valence-corrected chi connectivity index (χ3v) is 15.2. The van der Waals surface area contributed by atoms with Gasteiger partial charge < -0.3 is 35.5 Å². The molecule has 4 N–H and O–H groups in total. The number of hydrogen-bond acceptors (Lipinski definition) is 12. The molecule has 4 atom stereocenters. The van der Waals surface area contributed by atoms with Crippen molar-refractivity contribution in [1.29, 1.82) is 5.26 Å². The van der Waals surface area contributed by atoms with E-state index >= 15 is 0 Å². The summed E-state index contributed by atoms with van der Waals surface area (Å²) >= 11 is 7.83. The Morgan fingerprint density at radius 3 is 2.29 bits per heavy atom. The molecule has 6 rings (SSSR count). The van der Waals surface area contributed by atoms with E-state index in [1.807, 2.05) is 77.4 Å². The number of nitrogens with zero attached hydrogens (tertiary/aromatic N) is 5. The van der Waals surface area contributed by atoms with Crippen LogP contribution >= 0.6 is 22.9 Å². The summed E-state index contributed by atoms with van der Waals surface area (Å²) in [6.07, 6.45) is 4.94. The van der Waals surface area contributed by atoms with Gasteiger partial charge in [0.2, 0.25) is 17.7 Å². The molecule has 1 saturated carbocycles. The molecule has 2 aromatic carbocycles. The lowest BCUT2D eigenvalue weighted by Crippen LogP contribution is -2.74. The van der Waals surface area contributed by atoms with Gasteiger partial charge in [0.15, 0.2) is 0 Å². The maximum Gasteiger partial charge on any atom is 0.270 e. The standard InChI is InChI=1S/C55H71ClN8O7S/c1-11-70-63-39(17-14-15-35-19-26-43(58-30-35)48(67)62-51-54(7,8)52(55(51,9)10)71-41-25-24-38(29-57)42(56)28-41)16-12-13-18-45(66)61-47(53(4,5)6)50(69)64-31-40(65)27-44(64)49(68)60-33(2)36-20-22-37(23-21-36)46-34(3)59-32-72-46/h19-26,28,30,32-33,40,44,47,51-52,65H,11-18,27,31H2,1-10H3,(H,60,68)(H,61,66)(H,62,67)/b63-39+/t33-,40+,44?,47+,51-,52-/m0/s1. The smallest absolute Gasteiger partial charge is 0.270 e. The number of carbonyl (C=O) groups excluding carboxylic acids is 4. The predicted octanol–water partition coefficient (Wildman–Crippen LogP) is 9.30. The van der Waals surface area contributed by atoms with E-state index in [9.17, 15) is 29.5 Å². The number of aliphatic hydroxyl groups excluding tert-OH is 1. The number of aryl methyl sites for hydroxylation is 2. The van der Waals surface area contributed by atoms with Crippen LogP contribution in [0.25, 0.3) is 10.4 Å². The van der Waals surface area contributed by atoms with E-state index < -0.39 is 40.3 Å². The third-order valence-electron chi connectivity index (χ3n) is 13.9. The number of thiazole rings is 1. The second kappa shape index (κ2) is 23.8. The van der Waals surface area contributed by atoms with Crippen LogP contribution in [-0.4, -0.2) is 92.8 Å². The number of amides is 4. The zero-order valence-corrected chi connectivity index (χ0v) is 44.9. The van der Waals surface area contributed by atoms with Crippen LogP contribution in [0.3, 0.4) is 0 Å². The van der Waals surface area contributed by atoms with Gasteiger partial charge in [0, 0.05) is 48.5 Å². The van der Waals surface area contributed by atoms with Crippen molar-refractivity contribution >= 4 is 52.3 Å². The summed E-state index contributed by atoms with van der Waals surface area (Å²) < 4.78 is 6.37. The van der Waals surface area contributed by atoms with Crippen LogP contribution in [0.4, 0.5) is 0 Å². The molecular weight excluding hydrogens is 952 g/mol. The lowest BCUT2D eigenvalue weighted by atomic mass is 9.49. The van der Waals surface area contributed by atoms with Crippen LogP contribution in [0.2, 0.25) is 5.02 Å². The molecule has 0 radical (unpaired) electrons. The van der Waals surface area contributed by atoms with Crippen molar-refractivity contribution in [2.24, 2.45) is 21.4 Å². The van der Waals surface area contributed by atoms with Gasteiger partial charge in [0.1, 0.15) is 42.3 Å². The number of rotatable bonds is 21. The highest BCUT2D eigenvalue weighted by Crippen LogP contribution is 2.55. The van der Waals surface area contributed by atoms with E-state index in [0.717, 1.165) is 39.4 Å². The lowest BCUT2D eigenvalue weighted by Gasteiger charge is -2.63. The Labute approximate surface area is 433 Å². The van der Waals surface area contributed by atoms with Crippen molar-refractivity contribution in [1.82, 2.24) is 30.8 Å². The van der Waals surface area contributed by atoms with Gasteiger partial charge in [0.05, 0.1) is 44.5 Å². The first-order valence-corrected chi connectivity index (χ1v) is 26.2. The van der Waals surface area contributed by atoms with Crippen molar-refractivity contribution in [3.8, 4) is 22.3 Å². The molecule has 1 saturated heterocycles. The number of pyridine rings is 1. The lowest BCUT2D eigenvalue weighted by molar-refractivity contribution is -0.164. The zero-order chi connectivity index (χ0) is 52.5. The molecule has 2 fully saturated rings. The fourth-order valence-corrected chi connectivity index (χ4v) is 11.3. The number of unbranched alkanes of at least 4 members (excludes halogenated alkanes) is 1. The topological polar surface area (TPSA) is 208 Å². The van der Waals surface area contributed by atoms with Crippen LogP contribution in [0.15, 0.2) is 71.5 Å². The second-order valence-corrected chi connectivity index (χ2v) is 22.6. The minimum atomic E-state index is -0.920. The number of likely N-dealkylation sites (tertiary alicyclic amines) is 1. The number of β-amino-alcohol motifs (C(OH)–C–C–N with tert-alkyl or cyclic N) is 1. The molecule has 4 aromatic rings. The average Bonchev–Trinajstić information content (AvgIpc) is 3.96. The molecule has 17 heteroatoms. The first-order valence-electron chi connectivity index (χ1n) is 24.9. The molecule has 2 aliphatic rings. The summed E-state index contributed by atoms with van der Waals surface area (Å²) in [6, 6.07) is 16.3. The molecule has 1 aliphatic carbocycles. The van der Waals surface area contributed by atoms with Crippen LogP contribution in [0.1, 0.15) is 146 Å². The maximum absolute atomic E-state index is 14.2. The van der Waals surface area contributed by atoms with E-state index in [4.69, 9.17) is 21.2 Å². The highest BCUT2D eigenvalue weighted by Gasteiger charge is 2.64. The number of oxime groups is 1. The summed E-state index contributed by atoms with van der Waals surface area (Å²) in [7, 11) is 0. The van der Waals surface area contributed by atoms with Gasteiger partial charge in [-0.15, -0.1) is 11.3 Å². The van der Waals surface area contributed by atoms with Crippen molar-refractivity contribution < 1.29 is 33.9 Å². The molecule has 4 amide bonds. The Bertz CT molecular complexity index is 2600. The fraction of sp³-hybridized carbons (Fsp3) is 0.527. The Morgan fingerprint density at radius 2 is 1.68 bits per heavy atom.